The molecule has 62 heavy (non-hydrogen) atoms. The number of aromatic nitrogens is 2. The van der Waals surface area contributed by atoms with Crippen LogP contribution in [0, 0.1) is 45.7 Å². The second-order valence-electron chi connectivity index (χ2n) is 18.4. The van der Waals surface area contributed by atoms with Gasteiger partial charge < -0.3 is 14.5 Å². The molecule has 4 aliphatic heterocycles. The van der Waals surface area contributed by atoms with Crippen molar-refractivity contribution in [2.45, 2.75) is 97.0 Å². The Morgan fingerprint density at radius 1 is 0.903 bits per heavy atom. The van der Waals surface area contributed by atoms with Gasteiger partial charge in [-0.1, -0.05) is 45.2 Å². The van der Waals surface area contributed by atoms with Crippen LogP contribution in [-0.2, 0) is 16.1 Å². The molecule has 9 rings (SSSR count). The Kier molecular flexibility index (Phi) is 10.3. The van der Waals surface area contributed by atoms with E-state index in [9.17, 15) is 29.2 Å². The van der Waals surface area contributed by atoms with Gasteiger partial charge in [-0.2, -0.15) is 5.26 Å². The molecule has 1 atom stereocenters. The largest absolute Gasteiger partial charge is 0.489 e. The Morgan fingerprint density at radius 2 is 1.60 bits per heavy atom. The molecule has 2 saturated heterocycles. The standard InChI is InChI=1S/C46H46ClFN8O6/c1-45(2)43(46(3,4)44(45)62-29-12-8-26(22-49)32(47)19-29)55-24-34-38(42(55)61)50-23-27(51-34)9-5-25-6-10-28(11-7-25)53-15-17-54(18-16-53)36-21-31-30(20-33(36)48)40(59)56(41(31)60)35-13-14-37(57)52-39(35)58/h8,12,19-21,23,25,28,35,43-44H,6-7,10-11,13-18,24H2,1-4H3,(H,52,57,58)/t25-,28-,35?,43-,44-. The highest BCUT2D eigenvalue weighted by molar-refractivity contribution is 6.31. The van der Waals surface area contributed by atoms with Gasteiger partial charge in [0.25, 0.3) is 17.7 Å². The van der Waals surface area contributed by atoms with E-state index in [0.29, 0.717) is 72.2 Å². The number of anilines is 1. The summed E-state index contributed by atoms with van der Waals surface area (Å²) in [6.45, 7) is 11.2. The van der Waals surface area contributed by atoms with E-state index in [2.05, 4.69) is 60.8 Å². The minimum Gasteiger partial charge on any atom is -0.489 e. The number of benzene rings is 2. The van der Waals surface area contributed by atoms with Crippen LogP contribution >= 0.6 is 11.6 Å². The van der Waals surface area contributed by atoms with E-state index in [1.807, 2.05) is 9.80 Å². The number of piperidine rings is 1. The number of nitrogens with zero attached hydrogens (tertiary/aromatic N) is 7. The van der Waals surface area contributed by atoms with E-state index in [0.717, 1.165) is 36.6 Å². The Balaban J connectivity index is 0.778. The van der Waals surface area contributed by atoms with Crippen LogP contribution in [0.1, 0.15) is 114 Å². The minimum absolute atomic E-state index is 0.00949. The Bertz CT molecular complexity index is 2530. The van der Waals surface area contributed by atoms with E-state index in [1.165, 1.54) is 6.07 Å². The maximum atomic E-state index is 15.5. The first-order valence-corrected chi connectivity index (χ1v) is 21.5. The molecule has 1 aromatic heterocycles. The zero-order valence-electron chi connectivity index (χ0n) is 35.0. The van der Waals surface area contributed by atoms with Crippen LogP contribution < -0.4 is 15.0 Å². The van der Waals surface area contributed by atoms with Gasteiger partial charge in [-0.25, -0.2) is 14.4 Å². The molecule has 320 valence electrons. The van der Waals surface area contributed by atoms with E-state index >= 15 is 4.39 Å². The summed E-state index contributed by atoms with van der Waals surface area (Å²) in [6.07, 6.45) is 5.18. The number of hydrogen-bond donors (Lipinski definition) is 1. The fraction of sp³-hybridized carbons (Fsp3) is 0.478. The number of amides is 5. The third kappa shape index (κ3) is 6.95. The van der Waals surface area contributed by atoms with Gasteiger partial charge in [0.2, 0.25) is 11.8 Å². The first kappa shape index (κ1) is 41.5. The molecule has 16 heteroatoms. The number of hydrogen-bond acceptors (Lipinski definition) is 11. The number of imide groups is 2. The summed E-state index contributed by atoms with van der Waals surface area (Å²) in [4.78, 5) is 80.7. The summed E-state index contributed by atoms with van der Waals surface area (Å²) in [5.74, 6) is 4.13. The number of ether oxygens (including phenoxy) is 1. The van der Waals surface area contributed by atoms with Crippen LogP contribution in [0.25, 0.3) is 0 Å². The number of nitrogens with one attached hydrogen (secondary N) is 1. The Morgan fingerprint density at radius 3 is 2.26 bits per heavy atom. The first-order chi connectivity index (χ1) is 29.6. The average molecular weight is 861 g/mol. The van der Waals surface area contributed by atoms with Gasteiger partial charge in [0, 0.05) is 67.5 Å². The van der Waals surface area contributed by atoms with E-state index in [4.69, 9.17) is 21.3 Å². The van der Waals surface area contributed by atoms with Gasteiger partial charge in [0.15, 0.2) is 5.69 Å². The number of nitriles is 1. The van der Waals surface area contributed by atoms with Crippen molar-refractivity contribution >= 4 is 46.8 Å². The molecule has 0 bridgehead atoms. The van der Waals surface area contributed by atoms with Gasteiger partial charge in [-0.05, 0) is 62.3 Å². The summed E-state index contributed by atoms with van der Waals surface area (Å²) in [5.41, 5.74) is 1.31. The topological polar surface area (TPSA) is 169 Å². The Labute approximate surface area is 363 Å². The van der Waals surface area contributed by atoms with Gasteiger partial charge in [-0.15, -0.1) is 0 Å². The lowest BCUT2D eigenvalue weighted by Gasteiger charge is -2.65. The van der Waals surface area contributed by atoms with Gasteiger partial charge in [0.1, 0.15) is 35.5 Å². The van der Waals surface area contributed by atoms with Gasteiger partial charge in [-0.3, -0.25) is 39.1 Å². The third-order valence-corrected chi connectivity index (χ3v) is 14.1. The van der Waals surface area contributed by atoms with Crippen LogP contribution in [0.15, 0.2) is 36.5 Å². The van der Waals surface area contributed by atoms with Crippen LogP contribution in [0.2, 0.25) is 5.02 Å². The molecule has 0 spiro atoms. The van der Waals surface area contributed by atoms with Gasteiger partial charge >= 0.3 is 0 Å². The van der Waals surface area contributed by atoms with Crippen LogP contribution in [-0.4, -0.2) is 105 Å². The van der Waals surface area contributed by atoms with Crippen molar-refractivity contribution in [1.82, 2.24) is 30.0 Å². The van der Waals surface area contributed by atoms with Crippen LogP contribution in [0.4, 0.5) is 10.1 Å². The molecule has 5 amide bonds. The normalized spacial score (nSPS) is 26.6. The molecule has 1 N–H and O–H groups in total. The first-order valence-electron chi connectivity index (χ1n) is 21.2. The maximum Gasteiger partial charge on any atom is 0.275 e. The van der Waals surface area contributed by atoms with E-state index < -0.39 is 46.3 Å². The number of carbonyl (C=O) groups is 5. The summed E-state index contributed by atoms with van der Waals surface area (Å²) in [6, 6.07) is 8.74. The van der Waals surface area contributed by atoms with Gasteiger partial charge in [0.05, 0.1) is 45.8 Å². The molecule has 5 heterocycles. The van der Waals surface area contributed by atoms with Crippen LogP contribution in [0.3, 0.4) is 0 Å². The molecule has 3 aromatic rings. The molecule has 14 nitrogen and oxygen atoms in total. The number of carbonyl (C=O) groups excluding carboxylic acids is 5. The lowest BCUT2D eigenvalue weighted by molar-refractivity contribution is -0.199. The summed E-state index contributed by atoms with van der Waals surface area (Å²) in [7, 11) is 0. The van der Waals surface area contributed by atoms with Crippen LogP contribution in [0.5, 0.6) is 5.75 Å². The highest BCUT2D eigenvalue weighted by Crippen LogP contribution is 2.59. The maximum absolute atomic E-state index is 15.5. The summed E-state index contributed by atoms with van der Waals surface area (Å²) < 4.78 is 22.0. The van der Waals surface area contributed by atoms with Crippen molar-refractivity contribution in [1.29, 1.82) is 5.26 Å². The van der Waals surface area contributed by atoms with E-state index in [1.54, 1.807) is 24.4 Å². The lowest BCUT2D eigenvalue weighted by atomic mass is 9.49. The predicted octanol–water partition coefficient (Wildman–Crippen LogP) is 5.11. The van der Waals surface area contributed by atoms with Crippen molar-refractivity contribution < 1.29 is 33.1 Å². The lowest BCUT2D eigenvalue weighted by Crippen LogP contribution is -2.74. The molecule has 2 aliphatic carbocycles. The molecule has 0 radical (unpaired) electrons. The summed E-state index contributed by atoms with van der Waals surface area (Å²) in [5, 5.41) is 11.8. The fourth-order valence-electron chi connectivity index (χ4n) is 11.2. The molecule has 2 aromatic carbocycles. The third-order valence-electron chi connectivity index (χ3n) is 13.8. The average Bonchev–Trinajstić information content (AvgIpc) is 3.68. The fourth-order valence-corrected chi connectivity index (χ4v) is 11.4. The number of halogens is 2. The Hall–Kier alpha value is -5.90. The van der Waals surface area contributed by atoms with Crippen molar-refractivity contribution in [3.05, 3.63) is 81.1 Å². The second kappa shape index (κ2) is 15.5. The molecule has 2 saturated carbocycles. The van der Waals surface area contributed by atoms with Crippen molar-refractivity contribution in [3.63, 3.8) is 0 Å². The molecule has 1 unspecified atom stereocenters. The molecule has 6 aliphatic rings. The van der Waals surface area contributed by atoms with Crippen molar-refractivity contribution in [3.8, 4) is 23.7 Å². The number of fused-ring (bicyclic) bond motifs is 2. The molecular weight excluding hydrogens is 815 g/mol. The number of piperazine rings is 1. The smallest absolute Gasteiger partial charge is 0.275 e. The molecule has 4 fully saturated rings. The quantitative estimate of drug-likeness (QED) is 0.258. The minimum atomic E-state index is -1.11. The zero-order valence-corrected chi connectivity index (χ0v) is 35.7. The highest BCUT2D eigenvalue weighted by atomic mass is 35.5. The van der Waals surface area contributed by atoms with Crippen molar-refractivity contribution in [2.75, 3.05) is 31.1 Å². The monoisotopic (exact) mass is 860 g/mol. The number of rotatable bonds is 6. The predicted molar refractivity (Wildman–Crippen MR) is 223 cm³/mol. The highest BCUT2D eigenvalue weighted by Gasteiger charge is 2.67. The van der Waals surface area contributed by atoms with E-state index in [-0.39, 0.29) is 53.6 Å². The SMILES string of the molecule is CC1(C)[C@H](Oc2ccc(C#N)c(Cl)c2)C(C)(C)[C@H]1N1Cc2nc(C#C[C@H]3CC[C@H](N4CCN(c5cc6c(cc5F)C(=O)N(C5CCC(=O)NC5=O)C6=O)CC4)CC3)cnc2C1=O. The molecular formula is C46H46ClFN8O6. The summed E-state index contributed by atoms with van der Waals surface area (Å²) >= 11 is 6.28. The zero-order chi connectivity index (χ0) is 43.8. The van der Waals surface area contributed by atoms with Crippen molar-refractivity contribution in [2.24, 2.45) is 16.7 Å². The second-order valence-corrected chi connectivity index (χ2v) is 18.8.